The Morgan fingerprint density at radius 1 is 1.22 bits per heavy atom. The molecule has 2 rings (SSSR count). The van der Waals surface area contributed by atoms with E-state index in [-0.39, 0.29) is 30.1 Å². The highest BCUT2D eigenvalue weighted by Gasteiger charge is 2.60. The Hall–Kier alpha value is -0.810. The molecular formula is C13H23NO4. The number of ether oxygens (including phenoxy) is 1. The standard InChI is InChI=1S/C13H23NO4/c1-11(2,3)18-10(17)14-6-12(7-14)4-13(5-12,8-15)9-16/h15-16H,4-9H2,1-3H3. The molecule has 1 aliphatic carbocycles. The van der Waals surface area contributed by atoms with Crippen LogP contribution in [0.3, 0.4) is 0 Å². The first kappa shape index (κ1) is 13.6. The minimum atomic E-state index is -0.459. The van der Waals surface area contributed by atoms with Gasteiger partial charge in [0.1, 0.15) is 5.60 Å². The molecule has 1 amide bonds. The van der Waals surface area contributed by atoms with Crippen molar-refractivity contribution >= 4 is 6.09 Å². The van der Waals surface area contributed by atoms with Crippen LogP contribution in [0.25, 0.3) is 0 Å². The molecule has 2 N–H and O–H groups in total. The van der Waals surface area contributed by atoms with Gasteiger partial charge in [0.05, 0.1) is 13.2 Å². The molecule has 1 aliphatic heterocycles. The molecule has 0 aromatic heterocycles. The fraction of sp³-hybridized carbons (Fsp3) is 0.923. The van der Waals surface area contributed by atoms with E-state index in [1.807, 2.05) is 20.8 Å². The predicted molar refractivity (Wildman–Crippen MR) is 66.1 cm³/mol. The summed E-state index contributed by atoms with van der Waals surface area (Å²) in [5, 5.41) is 18.5. The molecule has 0 radical (unpaired) electrons. The zero-order chi connectivity index (χ0) is 13.6. The van der Waals surface area contributed by atoms with Crippen LogP contribution in [0.1, 0.15) is 33.6 Å². The number of hydrogen-bond donors (Lipinski definition) is 2. The third-order valence-electron chi connectivity index (χ3n) is 3.88. The molecule has 0 unspecified atom stereocenters. The van der Waals surface area contributed by atoms with Crippen LogP contribution in [-0.2, 0) is 4.74 Å². The Morgan fingerprint density at radius 2 is 1.72 bits per heavy atom. The van der Waals surface area contributed by atoms with E-state index in [2.05, 4.69) is 0 Å². The van der Waals surface area contributed by atoms with E-state index in [0.717, 1.165) is 12.8 Å². The SMILES string of the molecule is CC(C)(C)OC(=O)N1CC2(C1)CC(CO)(CO)C2. The van der Waals surface area contributed by atoms with Crippen LogP contribution >= 0.6 is 0 Å². The smallest absolute Gasteiger partial charge is 0.410 e. The van der Waals surface area contributed by atoms with E-state index in [0.29, 0.717) is 13.1 Å². The molecule has 1 heterocycles. The highest BCUT2D eigenvalue weighted by atomic mass is 16.6. The maximum atomic E-state index is 11.8. The molecular weight excluding hydrogens is 234 g/mol. The molecule has 2 fully saturated rings. The van der Waals surface area contributed by atoms with Gasteiger partial charge in [-0.05, 0) is 33.6 Å². The second-order valence-electron chi connectivity index (χ2n) is 7.01. The van der Waals surface area contributed by atoms with Crippen LogP contribution in [0.15, 0.2) is 0 Å². The monoisotopic (exact) mass is 257 g/mol. The number of carbonyl (C=O) groups excluding carboxylic acids is 1. The van der Waals surface area contributed by atoms with Gasteiger partial charge in [-0.1, -0.05) is 0 Å². The van der Waals surface area contributed by atoms with Crippen molar-refractivity contribution in [1.82, 2.24) is 4.90 Å². The van der Waals surface area contributed by atoms with Gasteiger partial charge >= 0.3 is 6.09 Å². The maximum absolute atomic E-state index is 11.8. The minimum absolute atomic E-state index is 0.0255. The highest BCUT2D eigenvalue weighted by molar-refractivity contribution is 5.69. The summed E-state index contributed by atoms with van der Waals surface area (Å²) in [6, 6.07) is 0. The number of amides is 1. The lowest BCUT2D eigenvalue weighted by Crippen LogP contribution is -2.68. The van der Waals surface area contributed by atoms with Gasteiger partial charge < -0.3 is 19.8 Å². The average molecular weight is 257 g/mol. The van der Waals surface area contributed by atoms with E-state index in [9.17, 15) is 15.0 Å². The Morgan fingerprint density at radius 3 is 2.11 bits per heavy atom. The Labute approximate surface area is 108 Å². The van der Waals surface area contributed by atoms with Crippen LogP contribution in [0.5, 0.6) is 0 Å². The number of likely N-dealkylation sites (tertiary alicyclic amines) is 1. The zero-order valence-corrected chi connectivity index (χ0v) is 11.4. The fourth-order valence-corrected chi connectivity index (χ4v) is 3.26. The summed E-state index contributed by atoms with van der Waals surface area (Å²) in [4.78, 5) is 13.5. The second kappa shape index (κ2) is 4.10. The van der Waals surface area contributed by atoms with Crippen molar-refractivity contribution in [3.05, 3.63) is 0 Å². The maximum Gasteiger partial charge on any atom is 0.410 e. The van der Waals surface area contributed by atoms with Gasteiger partial charge in [-0.3, -0.25) is 0 Å². The molecule has 1 spiro atoms. The first-order valence-corrected chi connectivity index (χ1v) is 6.43. The molecule has 2 aliphatic rings. The van der Waals surface area contributed by atoms with Crippen molar-refractivity contribution in [1.29, 1.82) is 0 Å². The van der Waals surface area contributed by atoms with Crippen molar-refractivity contribution in [3.63, 3.8) is 0 Å². The zero-order valence-electron chi connectivity index (χ0n) is 11.4. The first-order valence-electron chi connectivity index (χ1n) is 6.43. The van der Waals surface area contributed by atoms with E-state index < -0.39 is 5.60 Å². The number of aliphatic hydroxyl groups excluding tert-OH is 2. The molecule has 0 aromatic rings. The van der Waals surface area contributed by atoms with Crippen molar-refractivity contribution in [3.8, 4) is 0 Å². The largest absolute Gasteiger partial charge is 0.444 e. The summed E-state index contributed by atoms with van der Waals surface area (Å²) in [6.45, 7) is 6.98. The van der Waals surface area contributed by atoms with E-state index >= 15 is 0 Å². The quantitative estimate of drug-likeness (QED) is 0.774. The molecule has 0 atom stereocenters. The van der Waals surface area contributed by atoms with E-state index in [4.69, 9.17) is 4.74 Å². The molecule has 0 aromatic carbocycles. The van der Waals surface area contributed by atoms with Gasteiger partial charge in [0, 0.05) is 23.9 Å². The van der Waals surface area contributed by atoms with Crippen molar-refractivity contribution in [2.75, 3.05) is 26.3 Å². The lowest BCUT2D eigenvalue weighted by atomic mass is 9.50. The topological polar surface area (TPSA) is 70.0 Å². The number of aliphatic hydroxyl groups is 2. The van der Waals surface area contributed by atoms with Gasteiger partial charge in [0.15, 0.2) is 0 Å². The molecule has 1 saturated heterocycles. The van der Waals surface area contributed by atoms with E-state index in [1.165, 1.54) is 0 Å². The van der Waals surface area contributed by atoms with Crippen molar-refractivity contribution in [2.24, 2.45) is 10.8 Å². The number of carbonyl (C=O) groups is 1. The molecule has 104 valence electrons. The van der Waals surface area contributed by atoms with Crippen LogP contribution in [0.4, 0.5) is 4.79 Å². The summed E-state index contributed by atoms with van der Waals surface area (Å²) in [6.07, 6.45) is 1.33. The summed E-state index contributed by atoms with van der Waals surface area (Å²) >= 11 is 0. The summed E-state index contributed by atoms with van der Waals surface area (Å²) in [7, 11) is 0. The van der Waals surface area contributed by atoms with E-state index in [1.54, 1.807) is 4.90 Å². The second-order valence-corrected chi connectivity index (χ2v) is 7.01. The lowest BCUT2D eigenvalue weighted by Gasteiger charge is -2.63. The first-order chi connectivity index (χ1) is 8.23. The summed E-state index contributed by atoms with van der Waals surface area (Å²) < 4.78 is 5.30. The van der Waals surface area contributed by atoms with Crippen LogP contribution < -0.4 is 0 Å². The molecule has 0 bridgehead atoms. The van der Waals surface area contributed by atoms with Gasteiger partial charge in [-0.2, -0.15) is 0 Å². The number of rotatable bonds is 2. The Kier molecular flexibility index (Phi) is 3.10. The van der Waals surface area contributed by atoms with Crippen molar-refractivity contribution < 1.29 is 19.7 Å². The minimum Gasteiger partial charge on any atom is -0.444 e. The molecule has 5 nitrogen and oxygen atoms in total. The van der Waals surface area contributed by atoms with Crippen LogP contribution in [0, 0.1) is 10.8 Å². The van der Waals surface area contributed by atoms with Crippen LogP contribution in [-0.4, -0.2) is 53.1 Å². The average Bonchev–Trinajstić information content (AvgIpc) is 2.12. The third-order valence-corrected chi connectivity index (χ3v) is 3.88. The Bertz CT molecular complexity index is 327. The predicted octanol–water partition coefficient (Wildman–Crippen LogP) is 0.988. The summed E-state index contributed by atoms with van der Waals surface area (Å²) in [5.74, 6) is 0. The van der Waals surface area contributed by atoms with Gasteiger partial charge in [-0.25, -0.2) is 4.79 Å². The van der Waals surface area contributed by atoms with Crippen molar-refractivity contribution in [2.45, 2.75) is 39.2 Å². The number of hydrogen-bond acceptors (Lipinski definition) is 4. The molecule has 18 heavy (non-hydrogen) atoms. The Balaban J connectivity index is 1.80. The normalized spacial score (nSPS) is 24.4. The lowest BCUT2D eigenvalue weighted by molar-refractivity contribution is -0.169. The molecule has 1 saturated carbocycles. The van der Waals surface area contributed by atoms with Gasteiger partial charge in [0.25, 0.3) is 0 Å². The highest BCUT2D eigenvalue weighted by Crippen LogP contribution is 2.58. The van der Waals surface area contributed by atoms with Gasteiger partial charge in [0.2, 0.25) is 0 Å². The summed E-state index contributed by atoms with van der Waals surface area (Å²) in [5.41, 5.74) is -0.665. The fourth-order valence-electron chi connectivity index (χ4n) is 3.26. The number of nitrogens with zero attached hydrogens (tertiary/aromatic N) is 1. The van der Waals surface area contributed by atoms with Crippen LogP contribution in [0.2, 0.25) is 0 Å². The molecule has 5 heteroatoms. The third kappa shape index (κ3) is 2.34. The van der Waals surface area contributed by atoms with Gasteiger partial charge in [-0.15, -0.1) is 0 Å².